The van der Waals surface area contributed by atoms with Crippen LogP contribution in [0.2, 0.25) is 5.02 Å². The molecule has 0 aliphatic heterocycles. The van der Waals surface area contributed by atoms with E-state index in [4.69, 9.17) is 22.1 Å². The van der Waals surface area contributed by atoms with Crippen LogP contribution in [0.3, 0.4) is 0 Å². The normalized spacial score (nSPS) is 12.2. The Hall–Kier alpha value is -1.65. The van der Waals surface area contributed by atoms with E-state index in [0.717, 1.165) is 6.07 Å². The second-order valence-corrected chi connectivity index (χ2v) is 4.45. The Labute approximate surface area is 114 Å². The number of nitrogens with two attached hydrogens (primary N) is 1. The third-order valence-corrected chi connectivity index (χ3v) is 2.88. The lowest BCUT2D eigenvalue weighted by Gasteiger charge is -2.14. The fourth-order valence-electron chi connectivity index (χ4n) is 1.61. The first kappa shape index (κ1) is 13.8. The molecule has 0 bridgehead atoms. The van der Waals surface area contributed by atoms with Crippen LogP contribution in [-0.2, 0) is 0 Å². The summed E-state index contributed by atoms with van der Waals surface area (Å²) in [5.41, 5.74) is 5.88. The van der Waals surface area contributed by atoms with Crippen molar-refractivity contribution in [2.24, 2.45) is 5.73 Å². The maximum Gasteiger partial charge on any atom is 0.163 e. The molecule has 0 heterocycles. The first-order valence-corrected chi connectivity index (χ1v) is 6.03. The van der Waals surface area contributed by atoms with E-state index in [9.17, 15) is 8.78 Å². The highest BCUT2D eigenvalue weighted by molar-refractivity contribution is 6.30. The molecule has 100 valence electrons. The van der Waals surface area contributed by atoms with Gasteiger partial charge in [-0.2, -0.15) is 0 Å². The summed E-state index contributed by atoms with van der Waals surface area (Å²) in [6.45, 7) is 0.0437. The monoisotopic (exact) mass is 283 g/mol. The van der Waals surface area contributed by atoms with Crippen LogP contribution < -0.4 is 10.5 Å². The Bertz CT molecular complexity index is 560. The van der Waals surface area contributed by atoms with Gasteiger partial charge in [-0.05, 0) is 30.3 Å². The third kappa shape index (κ3) is 3.43. The smallest absolute Gasteiger partial charge is 0.163 e. The standard InChI is InChI=1S/C14H12ClF2NO/c15-9-4-6-10(7-5-9)19-8-13(18)11-2-1-3-12(16)14(11)17/h1-7,13H,8,18H2. The van der Waals surface area contributed by atoms with Gasteiger partial charge in [0.15, 0.2) is 11.6 Å². The van der Waals surface area contributed by atoms with Crippen LogP contribution in [0.1, 0.15) is 11.6 Å². The summed E-state index contributed by atoms with van der Waals surface area (Å²) >= 11 is 5.74. The molecule has 0 aliphatic carbocycles. The molecule has 0 fully saturated rings. The molecule has 0 amide bonds. The summed E-state index contributed by atoms with van der Waals surface area (Å²) in [7, 11) is 0. The first-order chi connectivity index (χ1) is 9.08. The quantitative estimate of drug-likeness (QED) is 0.929. The van der Waals surface area contributed by atoms with Gasteiger partial charge in [0.25, 0.3) is 0 Å². The highest BCUT2D eigenvalue weighted by Gasteiger charge is 2.15. The summed E-state index contributed by atoms with van der Waals surface area (Å²) in [6.07, 6.45) is 0. The minimum atomic E-state index is -0.935. The van der Waals surface area contributed by atoms with Crippen LogP contribution in [0, 0.1) is 11.6 Å². The van der Waals surface area contributed by atoms with Gasteiger partial charge in [0.05, 0.1) is 6.04 Å². The van der Waals surface area contributed by atoms with Crippen molar-refractivity contribution in [1.29, 1.82) is 0 Å². The molecular formula is C14H12ClF2NO. The number of hydrogen-bond acceptors (Lipinski definition) is 2. The van der Waals surface area contributed by atoms with E-state index in [1.165, 1.54) is 12.1 Å². The second kappa shape index (κ2) is 5.99. The molecule has 1 unspecified atom stereocenters. The number of benzene rings is 2. The number of halogens is 3. The Morgan fingerprint density at radius 1 is 1.11 bits per heavy atom. The van der Waals surface area contributed by atoms with Crippen molar-refractivity contribution in [1.82, 2.24) is 0 Å². The van der Waals surface area contributed by atoms with Gasteiger partial charge in [-0.25, -0.2) is 8.78 Å². The molecule has 2 aromatic rings. The van der Waals surface area contributed by atoms with Crippen molar-refractivity contribution < 1.29 is 13.5 Å². The van der Waals surface area contributed by atoms with Gasteiger partial charge in [0.2, 0.25) is 0 Å². The van der Waals surface area contributed by atoms with E-state index in [1.54, 1.807) is 24.3 Å². The van der Waals surface area contributed by atoms with Crippen LogP contribution in [0.4, 0.5) is 8.78 Å². The number of hydrogen-bond donors (Lipinski definition) is 1. The predicted molar refractivity (Wildman–Crippen MR) is 70.2 cm³/mol. The molecule has 0 aliphatic rings. The van der Waals surface area contributed by atoms with E-state index in [0.29, 0.717) is 10.8 Å². The SMILES string of the molecule is NC(COc1ccc(Cl)cc1)c1cccc(F)c1F. The lowest BCUT2D eigenvalue weighted by atomic mass is 10.1. The minimum absolute atomic E-state index is 0.0437. The van der Waals surface area contributed by atoms with Crippen LogP contribution >= 0.6 is 11.6 Å². The molecule has 2 rings (SSSR count). The summed E-state index contributed by atoms with van der Waals surface area (Å²) in [5, 5.41) is 0.591. The molecule has 2 aromatic carbocycles. The Morgan fingerprint density at radius 3 is 2.47 bits per heavy atom. The van der Waals surface area contributed by atoms with E-state index < -0.39 is 17.7 Å². The summed E-state index contributed by atoms with van der Waals surface area (Å²) < 4.78 is 32.0. The second-order valence-electron chi connectivity index (χ2n) is 4.01. The topological polar surface area (TPSA) is 35.2 Å². The number of rotatable bonds is 4. The van der Waals surface area contributed by atoms with Gasteiger partial charge in [-0.15, -0.1) is 0 Å². The van der Waals surface area contributed by atoms with Crippen molar-refractivity contribution >= 4 is 11.6 Å². The fraction of sp³-hybridized carbons (Fsp3) is 0.143. The molecule has 0 saturated heterocycles. The van der Waals surface area contributed by atoms with Crippen LogP contribution in [0.25, 0.3) is 0 Å². The van der Waals surface area contributed by atoms with Crippen molar-refractivity contribution in [2.45, 2.75) is 6.04 Å². The molecular weight excluding hydrogens is 272 g/mol. The largest absolute Gasteiger partial charge is 0.492 e. The van der Waals surface area contributed by atoms with E-state index in [2.05, 4.69) is 0 Å². The van der Waals surface area contributed by atoms with E-state index in [-0.39, 0.29) is 12.2 Å². The van der Waals surface area contributed by atoms with Crippen LogP contribution in [0.5, 0.6) is 5.75 Å². The predicted octanol–water partition coefficient (Wildman–Crippen LogP) is 3.70. The van der Waals surface area contributed by atoms with E-state index in [1.807, 2.05) is 0 Å². The van der Waals surface area contributed by atoms with Crippen LogP contribution in [0.15, 0.2) is 42.5 Å². The van der Waals surface area contributed by atoms with Gasteiger partial charge >= 0.3 is 0 Å². The highest BCUT2D eigenvalue weighted by atomic mass is 35.5. The fourth-order valence-corrected chi connectivity index (χ4v) is 1.74. The van der Waals surface area contributed by atoms with Crippen LogP contribution in [-0.4, -0.2) is 6.61 Å². The zero-order valence-corrected chi connectivity index (χ0v) is 10.7. The van der Waals surface area contributed by atoms with E-state index >= 15 is 0 Å². The van der Waals surface area contributed by atoms with Gasteiger partial charge in [-0.1, -0.05) is 23.7 Å². The number of ether oxygens (including phenoxy) is 1. The Balaban J connectivity index is 2.03. The van der Waals surface area contributed by atoms with Gasteiger partial charge in [0.1, 0.15) is 12.4 Å². The zero-order chi connectivity index (χ0) is 13.8. The molecule has 5 heteroatoms. The van der Waals surface area contributed by atoms with Crippen molar-refractivity contribution in [2.75, 3.05) is 6.61 Å². The van der Waals surface area contributed by atoms with Gasteiger partial charge in [0, 0.05) is 10.6 Å². The molecule has 1 atom stereocenters. The lowest BCUT2D eigenvalue weighted by molar-refractivity contribution is 0.286. The van der Waals surface area contributed by atoms with Crippen molar-refractivity contribution in [3.05, 3.63) is 64.7 Å². The average molecular weight is 284 g/mol. The minimum Gasteiger partial charge on any atom is -0.492 e. The highest BCUT2D eigenvalue weighted by Crippen LogP contribution is 2.20. The maximum absolute atomic E-state index is 13.5. The Kier molecular flexibility index (Phi) is 4.35. The molecule has 0 radical (unpaired) electrons. The van der Waals surface area contributed by atoms with Gasteiger partial charge < -0.3 is 10.5 Å². The summed E-state index contributed by atoms with van der Waals surface area (Å²) in [4.78, 5) is 0. The molecule has 2 nitrogen and oxygen atoms in total. The average Bonchev–Trinajstić information content (AvgIpc) is 2.41. The molecule has 0 aromatic heterocycles. The molecule has 2 N–H and O–H groups in total. The summed E-state index contributed by atoms with van der Waals surface area (Å²) in [5.74, 6) is -1.29. The first-order valence-electron chi connectivity index (χ1n) is 5.66. The lowest BCUT2D eigenvalue weighted by Crippen LogP contribution is -2.20. The van der Waals surface area contributed by atoms with Gasteiger partial charge in [-0.3, -0.25) is 0 Å². The van der Waals surface area contributed by atoms with Crippen molar-refractivity contribution in [3.63, 3.8) is 0 Å². The maximum atomic E-state index is 13.5. The Morgan fingerprint density at radius 2 is 1.79 bits per heavy atom. The summed E-state index contributed by atoms with van der Waals surface area (Å²) in [6, 6.07) is 9.85. The van der Waals surface area contributed by atoms with Crippen molar-refractivity contribution in [3.8, 4) is 5.75 Å². The zero-order valence-electron chi connectivity index (χ0n) is 9.95. The third-order valence-electron chi connectivity index (χ3n) is 2.62. The molecule has 0 saturated carbocycles. The molecule has 19 heavy (non-hydrogen) atoms. The molecule has 0 spiro atoms.